The molecule has 1 aromatic heterocycles. The Morgan fingerprint density at radius 1 is 0.838 bits per heavy atom. The fourth-order valence-electron chi connectivity index (χ4n) is 4.02. The number of pyridine rings is 1. The number of nitrogens with one attached hydrogen (secondary N) is 1. The van der Waals surface area contributed by atoms with Gasteiger partial charge in [0.1, 0.15) is 12.4 Å². The lowest BCUT2D eigenvalue weighted by Gasteiger charge is -2.11. The standard InChI is InChI=1S/C31H24N2O3S/c1-37-25-15-11-22(12-16-25)26-9-5-6-10-27(26)30(34)33-29-18-14-23-19-24(13-17-28(23)32-29)31(35)36-20-21-7-3-2-4-8-21/h2-19H,20H2,1H3,(H,32,33,34). The van der Waals surface area contributed by atoms with Crippen LogP contribution in [0.15, 0.2) is 114 Å². The van der Waals surface area contributed by atoms with Gasteiger partial charge in [0, 0.05) is 15.8 Å². The van der Waals surface area contributed by atoms with E-state index < -0.39 is 5.97 Å². The molecular weight excluding hydrogens is 480 g/mol. The first kappa shape index (κ1) is 24.3. The number of esters is 1. The molecule has 0 radical (unpaired) electrons. The van der Waals surface area contributed by atoms with Crippen LogP contribution in [0.5, 0.6) is 0 Å². The summed E-state index contributed by atoms with van der Waals surface area (Å²) in [6.45, 7) is 0.212. The first-order chi connectivity index (χ1) is 18.1. The quantitative estimate of drug-likeness (QED) is 0.187. The summed E-state index contributed by atoms with van der Waals surface area (Å²) >= 11 is 1.68. The highest BCUT2D eigenvalue weighted by Crippen LogP contribution is 2.27. The number of thioether (sulfide) groups is 1. The van der Waals surface area contributed by atoms with E-state index in [1.807, 2.05) is 91.2 Å². The number of benzene rings is 4. The fourth-order valence-corrected chi connectivity index (χ4v) is 4.42. The predicted octanol–water partition coefficient (Wildman–Crippen LogP) is 7.23. The minimum absolute atomic E-state index is 0.212. The van der Waals surface area contributed by atoms with E-state index in [9.17, 15) is 9.59 Å². The van der Waals surface area contributed by atoms with Crippen molar-refractivity contribution in [3.05, 3.63) is 126 Å². The summed E-state index contributed by atoms with van der Waals surface area (Å²) in [5.74, 6) is -0.202. The zero-order valence-corrected chi connectivity index (χ0v) is 21.0. The largest absolute Gasteiger partial charge is 0.457 e. The second kappa shape index (κ2) is 11.1. The van der Waals surface area contributed by atoms with Crippen molar-refractivity contribution in [2.45, 2.75) is 11.5 Å². The Hall–Kier alpha value is -4.42. The maximum absolute atomic E-state index is 13.2. The van der Waals surface area contributed by atoms with Gasteiger partial charge in [0.15, 0.2) is 0 Å². The molecular formula is C31H24N2O3S. The van der Waals surface area contributed by atoms with Crippen LogP contribution < -0.4 is 5.32 Å². The highest BCUT2D eigenvalue weighted by molar-refractivity contribution is 7.98. The van der Waals surface area contributed by atoms with Crippen molar-refractivity contribution in [2.75, 3.05) is 11.6 Å². The highest BCUT2D eigenvalue weighted by atomic mass is 32.2. The minimum atomic E-state index is -0.398. The summed E-state index contributed by atoms with van der Waals surface area (Å²) in [7, 11) is 0. The molecule has 0 aliphatic rings. The van der Waals surface area contributed by atoms with Crippen LogP contribution in [0.3, 0.4) is 0 Å². The summed E-state index contributed by atoms with van der Waals surface area (Å²) in [5.41, 5.74) is 4.44. The molecule has 0 saturated heterocycles. The van der Waals surface area contributed by atoms with E-state index in [0.29, 0.717) is 22.5 Å². The molecule has 6 heteroatoms. The van der Waals surface area contributed by atoms with E-state index in [-0.39, 0.29) is 12.5 Å². The molecule has 0 saturated carbocycles. The van der Waals surface area contributed by atoms with Crippen LogP contribution >= 0.6 is 11.8 Å². The number of nitrogens with zero attached hydrogens (tertiary/aromatic N) is 1. The van der Waals surface area contributed by atoms with Crippen molar-refractivity contribution in [2.24, 2.45) is 0 Å². The number of carbonyl (C=O) groups excluding carboxylic acids is 2. The Balaban J connectivity index is 1.31. The van der Waals surface area contributed by atoms with Crippen LogP contribution in [0.25, 0.3) is 22.0 Å². The number of carbonyl (C=O) groups is 2. The first-order valence-electron chi connectivity index (χ1n) is 11.8. The van der Waals surface area contributed by atoms with Crippen LogP contribution in [0.1, 0.15) is 26.3 Å². The smallest absolute Gasteiger partial charge is 0.338 e. The number of ether oxygens (including phenoxy) is 1. The molecule has 0 aliphatic heterocycles. The van der Waals surface area contributed by atoms with Crippen LogP contribution in [0.4, 0.5) is 5.82 Å². The average molecular weight is 505 g/mol. The summed E-state index contributed by atoms with van der Waals surface area (Å²) in [6, 6.07) is 34.0. The van der Waals surface area contributed by atoms with E-state index >= 15 is 0 Å². The molecule has 0 spiro atoms. The maximum Gasteiger partial charge on any atom is 0.338 e. The van der Waals surface area contributed by atoms with Gasteiger partial charge in [-0.3, -0.25) is 4.79 Å². The number of hydrogen-bond acceptors (Lipinski definition) is 5. The molecule has 0 fully saturated rings. The van der Waals surface area contributed by atoms with Crippen molar-refractivity contribution in [3.63, 3.8) is 0 Å². The molecule has 1 N–H and O–H groups in total. The topological polar surface area (TPSA) is 68.3 Å². The van der Waals surface area contributed by atoms with Crippen molar-refractivity contribution >= 4 is 40.4 Å². The first-order valence-corrected chi connectivity index (χ1v) is 13.0. The maximum atomic E-state index is 13.2. The number of amides is 1. The molecule has 0 bridgehead atoms. The van der Waals surface area contributed by atoms with Gasteiger partial charge in [0.2, 0.25) is 0 Å². The lowest BCUT2D eigenvalue weighted by molar-refractivity contribution is 0.0473. The fraction of sp³-hybridized carbons (Fsp3) is 0.0645. The van der Waals surface area contributed by atoms with Crippen molar-refractivity contribution in [1.29, 1.82) is 0 Å². The van der Waals surface area contributed by atoms with Gasteiger partial charge in [0.05, 0.1) is 11.1 Å². The number of aromatic nitrogens is 1. The van der Waals surface area contributed by atoms with Gasteiger partial charge in [-0.2, -0.15) is 0 Å². The molecule has 5 aromatic rings. The lowest BCUT2D eigenvalue weighted by atomic mass is 9.99. The van der Waals surface area contributed by atoms with Crippen LogP contribution in [-0.2, 0) is 11.3 Å². The van der Waals surface area contributed by atoms with E-state index in [1.54, 1.807) is 36.0 Å². The molecule has 5 rings (SSSR count). The molecule has 4 aromatic carbocycles. The van der Waals surface area contributed by atoms with Gasteiger partial charge in [-0.25, -0.2) is 9.78 Å². The van der Waals surface area contributed by atoms with Gasteiger partial charge in [-0.15, -0.1) is 11.8 Å². The molecule has 0 aliphatic carbocycles. The molecule has 1 amide bonds. The summed E-state index contributed by atoms with van der Waals surface area (Å²) in [6.07, 6.45) is 2.03. The molecule has 5 nitrogen and oxygen atoms in total. The number of anilines is 1. The normalized spacial score (nSPS) is 10.7. The Bertz CT molecular complexity index is 1570. The van der Waals surface area contributed by atoms with E-state index in [4.69, 9.17) is 4.74 Å². The van der Waals surface area contributed by atoms with Gasteiger partial charge >= 0.3 is 5.97 Å². The average Bonchev–Trinajstić information content (AvgIpc) is 2.96. The van der Waals surface area contributed by atoms with Gasteiger partial charge < -0.3 is 10.1 Å². The van der Waals surface area contributed by atoms with Gasteiger partial charge in [-0.1, -0.05) is 60.7 Å². The Morgan fingerprint density at radius 3 is 2.38 bits per heavy atom. The third-order valence-corrected chi connectivity index (χ3v) is 6.70. The Kier molecular flexibility index (Phi) is 7.28. The van der Waals surface area contributed by atoms with Crippen LogP contribution in [0.2, 0.25) is 0 Å². The molecule has 37 heavy (non-hydrogen) atoms. The third-order valence-electron chi connectivity index (χ3n) is 5.95. The Morgan fingerprint density at radius 2 is 1.59 bits per heavy atom. The summed E-state index contributed by atoms with van der Waals surface area (Å²) in [5, 5.41) is 3.69. The van der Waals surface area contributed by atoms with E-state index in [0.717, 1.165) is 22.1 Å². The van der Waals surface area contributed by atoms with E-state index in [2.05, 4.69) is 10.3 Å². The van der Waals surface area contributed by atoms with Crippen LogP contribution in [0, 0.1) is 0 Å². The van der Waals surface area contributed by atoms with Crippen molar-refractivity contribution in [1.82, 2.24) is 4.98 Å². The highest BCUT2D eigenvalue weighted by Gasteiger charge is 2.14. The predicted molar refractivity (Wildman–Crippen MR) is 149 cm³/mol. The van der Waals surface area contributed by atoms with Crippen LogP contribution in [-0.4, -0.2) is 23.1 Å². The SMILES string of the molecule is CSc1ccc(-c2ccccc2C(=O)Nc2ccc3cc(C(=O)OCc4ccccc4)ccc3n2)cc1. The molecule has 0 atom stereocenters. The molecule has 0 unspecified atom stereocenters. The van der Waals surface area contributed by atoms with Gasteiger partial charge in [0.25, 0.3) is 5.91 Å². The molecule has 182 valence electrons. The van der Waals surface area contributed by atoms with Crippen molar-refractivity contribution in [3.8, 4) is 11.1 Å². The number of fused-ring (bicyclic) bond motifs is 1. The minimum Gasteiger partial charge on any atom is -0.457 e. The zero-order chi connectivity index (χ0) is 25.6. The second-order valence-corrected chi connectivity index (χ2v) is 9.27. The third kappa shape index (κ3) is 5.71. The second-order valence-electron chi connectivity index (χ2n) is 8.39. The summed E-state index contributed by atoms with van der Waals surface area (Å²) in [4.78, 5) is 31.4. The zero-order valence-electron chi connectivity index (χ0n) is 20.2. The molecule has 1 heterocycles. The number of hydrogen-bond donors (Lipinski definition) is 1. The Labute approximate surface area is 219 Å². The summed E-state index contributed by atoms with van der Waals surface area (Å²) < 4.78 is 5.43. The lowest BCUT2D eigenvalue weighted by Crippen LogP contribution is -2.14. The van der Waals surface area contributed by atoms with Crippen molar-refractivity contribution < 1.29 is 14.3 Å². The monoisotopic (exact) mass is 504 g/mol. The van der Waals surface area contributed by atoms with E-state index in [1.165, 1.54) is 4.90 Å². The van der Waals surface area contributed by atoms with Gasteiger partial charge in [-0.05, 0) is 71.5 Å². The number of rotatable bonds is 7.